The van der Waals surface area contributed by atoms with E-state index in [0.29, 0.717) is 12.2 Å². The average Bonchev–Trinajstić information content (AvgIpc) is 3.47. The zero-order valence-electron chi connectivity index (χ0n) is 18.9. The fourth-order valence-electron chi connectivity index (χ4n) is 5.44. The van der Waals surface area contributed by atoms with Crippen LogP contribution in [0.25, 0.3) is 0 Å². The van der Waals surface area contributed by atoms with Gasteiger partial charge in [-0.25, -0.2) is 0 Å². The van der Waals surface area contributed by atoms with E-state index in [0.717, 1.165) is 11.8 Å². The van der Waals surface area contributed by atoms with Crippen LogP contribution in [0.2, 0.25) is 0 Å². The topological polar surface area (TPSA) is 12.5 Å². The summed E-state index contributed by atoms with van der Waals surface area (Å²) < 4.78 is 6.03. The summed E-state index contributed by atoms with van der Waals surface area (Å²) in [5.41, 5.74) is 0. The van der Waals surface area contributed by atoms with Gasteiger partial charge < -0.3 is 4.74 Å². The lowest BCUT2D eigenvalue weighted by Gasteiger charge is -2.29. The molecule has 160 valence electrons. The minimum atomic E-state index is 0.666. The maximum Gasteiger partial charge on any atom is 0.0872 e. The van der Waals surface area contributed by atoms with Gasteiger partial charge in [0.2, 0.25) is 0 Å². The molecule has 2 fully saturated rings. The Kier molecular flexibility index (Phi) is 12.8. The summed E-state index contributed by atoms with van der Waals surface area (Å²) >= 11 is 0. The molecule has 4 unspecified atom stereocenters. The zero-order valence-corrected chi connectivity index (χ0v) is 18.9. The van der Waals surface area contributed by atoms with Crippen LogP contribution in [0.5, 0.6) is 0 Å². The molecule has 1 aliphatic heterocycles. The molecule has 0 aromatic rings. The minimum Gasteiger partial charge on any atom is -0.369 e. The first-order chi connectivity index (χ1) is 13.4. The van der Waals surface area contributed by atoms with E-state index in [2.05, 4.69) is 13.8 Å². The van der Waals surface area contributed by atoms with Gasteiger partial charge in [0.05, 0.1) is 12.2 Å². The third-order valence-electron chi connectivity index (χ3n) is 7.29. The Morgan fingerprint density at radius 1 is 0.556 bits per heavy atom. The molecule has 1 heteroatoms. The van der Waals surface area contributed by atoms with Gasteiger partial charge in [-0.3, -0.25) is 0 Å². The van der Waals surface area contributed by atoms with Crippen molar-refractivity contribution < 1.29 is 4.74 Å². The second-order valence-corrected chi connectivity index (χ2v) is 9.67. The lowest BCUT2D eigenvalue weighted by Crippen LogP contribution is -2.26. The van der Waals surface area contributed by atoms with Crippen molar-refractivity contribution in [1.82, 2.24) is 0 Å². The van der Waals surface area contributed by atoms with Gasteiger partial charge in [0.1, 0.15) is 0 Å². The summed E-state index contributed by atoms with van der Waals surface area (Å²) in [6.45, 7) is 4.61. The maximum absolute atomic E-state index is 6.03. The van der Waals surface area contributed by atoms with E-state index in [9.17, 15) is 0 Å². The van der Waals surface area contributed by atoms with E-state index in [-0.39, 0.29) is 0 Å². The van der Waals surface area contributed by atoms with Crippen LogP contribution >= 0.6 is 0 Å². The highest BCUT2D eigenvalue weighted by Crippen LogP contribution is 2.47. The highest BCUT2D eigenvalue weighted by Gasteiger charge is 2.50. The number of ether oxygens (including phenoxy) is 1. The van der Waals surface area contributed by atoms with Crippen LogP contribution < -0.4 is 0 Å². The van der Waals surface area contributed by atoms with Crippen molar-refractivity contribution in [2.24, 2.45) is 11.8 Å². The smallest absolute Gasteiger partial charge is 0.0872 e. The summed E-state index contributed by atoms with van der Waals surface area (Å²) in [6, 6.07) is 0. The molecule has 1 aliphatic carbocycles. The SMILES string of the molecule is CCCCCCCCCCC1CCC2OC2C1CCCCCCCCCC. The van der Waals surface area contributed by atoms with Crippen molar-refractivity contribution in [3.8, 4) is 0 Å². The first-order valence-corrected chi connectivity index (χ1v) is 13.0. The number of hydrogen-bond acceptors (Lipinski definition) is 1. The van der Waals surface area contributed by atoms with Crippen molar-refractivity contribution in [2.45, 2.75) is 154 Å². The Bertz CT molecular complexity index is 339. The molecule has 0 N–H and O–H groups in total. The number of hydrogen-bond donors (Lipinski definition) is 0. The van der Waals surface area contributed by atoms with Crippen LogP contribution in [0.4, 0.5) is 0 Å². The molecule has 0 spiro atoms. The van der Waals surface area contributed by atoms with Crippen molar-refractivity contribution in [2.75, 3.05) is 0 Å². The molecule has 2 aliphatic rings. The standard InChI is InChI=1S/C26H50O/c1-3-5-7-9-11-13-15-17-19-23-21-22-25-26(27-25)24(23)20-18-16-14-12-10-8-6-4-2/h23-26H,3-22H2,1-2H3. The van der Waals surface area contributed by atoms with Gasteiger partial charge in [-0.05, 0) is 31.1 Å². The van der Waals surface area contributed by atoms with Crippen LogP contribution in [0.15, 0.2) is 0 Å². The summed E-state index contributed by atoms with van der Waals surface area (Å²) in [7, 11) is 0. The molecular formula is C26H50O. The minimum absolute atomic E-state index is 0.666. The monoisotopic (exact) mass is 378 g/mol. The molecule has 1 saturated heterocycles. The van der Waals surface area contributed by atoms with Crippen LogP contribution in [0, 0.1) is 11.8 Å². The predicted molar refractivity (Wildman–Crippen MR) is 119 cm³/mol. The summed E-state index contributed by atoms with van der Waals surface area (Å²) in [5, 5.41) is 0. The van der Waals surface area contributed by atoms with Crippen LogP contribution in [-0.4, -0.2) is 12.2 Å². The van der Waals surface area contributed by atoms with E-state index >= 15 is 0 Å². The van der Waals surface area contributed by atoms with Crippen molar-refractivity contribution in [3.05, 3.63) is 0 Å². The summed E-state index contributed by atoms with van der Waals surface area (Å²) in [5.74, 6) is 1.90. The molecule has 0 amide bonds. The van der Waals surface area contributed by atoms with Crippen LogP contribution in [0.1, 0.15) is 142 Å². The molecule has 1 saturated carbocycles. The lowest BCUT2D eigenvalue weighted by molar-refractivity contribution is 0.208. The number of rotatable bonds is 18. The number of fused-ring (bicyclic) bond motifs is 1. The molecule has 1 nitrogen and oxygen atoms in total. The van der Waals surface area contributed by atoms with Gasteiger partial charge in [0.15, 0.2) is 0 Å². The quantitative estimate of drug-likeness (QED) is 0.171. The van der Waals surface area contributed by atoms with Gasteiger partial charge in [0.25, 0.3) is 0 Å². The first kappa shape index (κ1) is 23.2. The normalized spacial score (nSPS) is 26.9. The highest BCUT2D eigenvalue weighted by atomic mass is 16.6. The zero-order chi connectivity index (χ0) is 19.2. The van der Waals surface area contributed by atoms with Crippen molar-refractivity contribution in [1.29, 1.82) is 0 Å². The Morgan fingerprint density at radius 2 is 1.04 bits per heavy atom. The van der Waals surface area contributed by atoms with E-state index < -0.39 is 0 Å². The Labute approximate surface area is 171 Å². The lowest BCUT2D eigenvalue weighted by atomic mass is 9.74. The van der Waals surface area contributed by atoms with Gasteiger partial charge >= 0.3 is 0 Å². The largest absolute Gasteiger partial charge is 0.369 e. The van der Waals surface area contributed by atoms with Crippen molar-refractivity contribution in [3.63, 3.8) is 0 Å². The molecule has 4 atom stereocenters. The Balaban J connectivity index is 1.50. The fourth-order valence-corrected chi connectivity index (χ4v) is 5.44. The van der Waals surface area contributed by atoms with Gasteiger partial charge in [0, 0.05) is 0 Å². The second-order valence-electron chi connectivity index (χ2n) is 9.67. The van der Waals surface area contributed by atoms with Crippen LogP contribution in [0.3, 0.4) is 0 Å². The molecule has 1 heterocycles. The highest BCUT2D eigenvalue weighted by molar-refractivity contribution is 4.98. The van der Waals surface area contributed by atoms with E-state index in [1.807, 2.05) is 0 Å². The van der Waals surface area contributed by atoms with Gasteiger partial charge in [-0.1, -0.05) is 123 Å². The van der Waals surface area contributed by atoms with Crippen molar-refractivity contribution >= 4 is 0 Å². The maximum atomic E-state index is 6.03. The average molecular weight is 379 g/mol. The van der Waals surface area contributed by atoms with Gasteiger partial charge in [-0.15, -0.1) is 0 Å². The molecule has 0 aromatic carbocycles. The third-order valence-corrected chi connectivity index (χ3v) is 7.29. The molecular weight excluding hydrogens is 328 g/mol. The van der Waals surface area contributed by atoms with Gasteiger partial charge in [-0.2, -0.15) is 0 Å². The van der Waals surface area contributed by atoms with E-state index in [1.165, 1.54) is 128 Å². The molecule has 27 heavy (non-hydrogen) atoms. The number of unbranched alkanes of at least 4 members (excludes halogenated alkanes) is 14. The third kappa shape index (κ3) is 9.82. The Hall–Kier alpha value is -0.0400. The van der Waals surface area contributed by atoms with E-state index in [1.54, 1.807) is 0 Å². The first-order valence-electron chi connectivity index (χ1n) is 13.0. The van der Waals surface area contributed by atoms with E-state index in [4.69, 9.17) is 4.74 Å². The summed E-state index contributed by atoms with van der Waals surface area (Å²) in [4.78, 5) is 0. The molecule has 2 rings (SSSR count). The Morgan fingerprint density at radius 3 is 1.59 bits per heavy atom. The fraction of sp³-hybridized carbons (Fsp3) is 1.00. The summed E-state index contributed by atoms with van der Waals surface area (Å²) in [6.07, 6.45) is 30.3. The second kappa shape index (κ2) is 14.9. The molecule has 0 radical (unpaired) electrons. The predicted octanol–water partition coefficient (Wildman–Crippen LogP) is 8.84. The number of epoxide rings is 1. The van der Waals surface area contributed by atoms with Crippen LogP contribution in [-0.2, 0) is 4.74 Å². The molecule has 0 aromatic heterocycles. The molecule has 0 bridgehead atoms.